The van der Waals surface area contributed by atoms with E-state index in [0.29, 0.717) is 6.54 Å². The fraction of sp³-hybridized carbons (Fsp3) is 0.357. The van der Waals surface area contributed by atoms with E-state index in [1.165, 1.54) is 5.56 Å². The molecule has 1 aromatic carbocycles. The molecule has 2 N–H and O–H groups in total. The number of rotatable bonds is 4. The Labute approximate surface area is 102 Å². The number of hydrogen-bond acceptors (Lipinski definition) is 2. The van der Waals surface area contributed by atoms with Gasteiger partial charge >= 0.3 is 0 Å². The molecule has 2 rings (SSSR count). The van der Waals surface area contributed by atoms with Crippen LogP contribution in [0.2, 0.25) is 0 Å². The zero-order chi connectivity index (χ0) is 12.1. The van der Waals surface area contributed by atoms with Crippen molar-refractivity contribution in [1.29, 1.82) is 0 Å². The van der Waals surface area contributed by atoms with Gasteiger partial charge < -0.3 is 10.6 Å². The lowest BCUT2D eigenvalue weighted by Crippen LogP contribution is -2.24. The van der Waals surface area contributed by atoms with E-state index in [1.54, 1.807) is 0 Å². The van der Waals surface area contributed by atoms with Gasteiger partial charge in [-0.15, -0.1) is 0 Å². The van der Waals surface area contributed by atoms with E-state index < -0.39 is 0 Å². The van der Waals surface area contributed by atoms with Crippen molar-refractivity contribution < 1.29 is 4.79 Å². The maximum absolute atomic E-state index is 11.9. The molecule has 90 valence electrons. The first-order valence-electron chi connectivity index (χ1n) is 6.07. The minimum absolute atomic E-state index is 0.0178. The van der Waals surface area contributed by atoms with Crippen molar-refractivity contribution in [2.45, 2.75) is 19.8 Å². The molecule has 0 saturated heterocycles. The molecule has 3 nitrogen and oxygen atoms in total. The minimum Gasteiger partial charge on any atom is -0.384 e. The van der Waals surface area contributed by atoms with Crippen LogP contribution in [-0.4, -0.2) is 19.0 Å². The van der Waals surface area contributed by atoms with Gasteiger partial charge in [0.05, 0.1) is 0 Å². The van der Waals surface area contributed by atoms with Gasteiger partial charge in [0.15, 0.2) is 0 Å². The van der Waals surface area contributed by atoms with Gasteiger partial charge in [-0.2, -0.15) is 0 Å². The summed E-state index contributed by atoms with van der Waals surface area (Å²) < 4.78 is 0. The normalized spacial score (nSPS) is 13.5. The summed E-state index contributed by atoms with van der Waals surface area (Å²) in [6.45, 7) is 3.65. The minimum atomic E-state index is 0.0178. The van der Waals surface area contributed by atoms with E-state index in [0.717, 1.165) is 30.6 Å². The highest BCUT2D eigenvalue weighted by Gasteiger charge is 2.12. The van der Waals surface area contributed by atoms with Gasteiger partial charge in [0.2, 0.25) is 0 Å². The second kappa shape index (κ2) is 5.53. The maximum atomic E-state index is 11.9. The molecule has 0 bridgehead atoms. The molecule has 1 heterocycles. The van der Waals surface area contributed by atoms with Crippen LogP contribution in [-0.2, 0) is 6.42 Å². The third-order valence-electron chi connectivity index (χ3n) is 2.91. The van der Waals surface area contributed by atoms with Gasteiger partial charge in [-0.05, 0) is 43.5 Å². The smallest absolute Gasteiger partial charge is 0.251 e. The lowest BCUT2D eigenvalue weighted by Gasteiger charge is -2.05. The van der Waals surface area contributed by atoms with Gasteiger partial charge in [-0.1, -0.05) is 12.2 Å². The van der Waals surface area contributed by atoms with Crippen LogP contribution < -0.4 is 10.6 Å². The largest absolute Gasteiger partial charge is 0.384 e. The van der Waals surface area contributed by atoms with Crippen LogP contribution in [0.4, 0.5) is 5.69 Å². The first kappa shape index (κ1) is 11.7. The quantitative estimate of drug-likeness (QED) is 0.616. The van der Waals surface area contributed by atoms with Gasteiger partial charge in [0.1, 0.15) is 0 Å². The predicted octanol–water partition coefficient (Wildman–Crippen LogP) is 2.35. The Balaban J connectivity index is 1.95. The van der Waals surface area contributed by atoms with Crippen LogP contribution in [0.25, 0.3) is 0 Å². The molecule has 0 radical (unpaired) electrons. The second-order valence-corrected chi connectivity index (χ2v) is 4.16. The fourth-order valence-electron chi connectivity index (χ4n) is 1.98. The number of allylic oxidation sites excluding steroid dienone is 1. The SMILES string of the molecule is C/C=C/CCNC(=O)c1ccc2c(c1)CCN2. The number of benzene rings is 1. The maximum Gasteiger partial charge on any atom is 0.251 e. The Hall–Kier alpha value is -1.77. The van der Waals surface area contributed by atoms with Crippen molar-refractivity contribution in [3.8, 4) is 0 Å². The summed E-state index contributed by atoms with van der Waals surface area (Å²) >= 11 is 0. The average Bonchev–Trinajstić information content (AvgIpc) is 2.81. The molecule has 1 aliphatic heterocycles. The van der Waals surface area contributed by atoms with E-state index in [1.807, 2.05) is 37.3 Å². The third kappa shape index (κ3) is 2.87. The standard InChI is InChI=1S/C14H18N2O/c1-2-3-4-8-16-14(17)12-5-6-13-11(10-12)7-9-15-13/h2-3,5-6,10,15H,4,7-9H2,1H3,(H,16,17)/b3-2+. The first-order chi connectivity index (χ1) is 8.31. The predicted molar refractivity (Wildman–Crippen MR) is 70.4 cm³/mol. The molecule has 0 saturated carbocycles. The Bertz CT molecular complexity index is 438. The molecule has 1 amide bonds. The summed E-state index contributed by atoms with van der Waals surface area (Å²) in [5.41, 5.74) is 3.16. The van der Waals surface area contributed by atoms with Gasteiger partial charge in [0, 0.05) is 24.3 Å². The van der Waals surface area contributed by atoms with Crippen molar-refractivity contribution in [2.24, 2.45) is 0 Å². The molecule has 0 spiro atoms. The summed E-state index contributed by atoms with van der Waals surface area (Å²) in [7, 11) is 0. The molecule has 0 atom stereocenters. The van der Waals surface area contributed by atoms with Crippen molar-refractivity contribution in [2.75, 3.05) is 18.4 Å². The molecule has 0 aromatic heterocycles. The summed E-state index contributed by atoms with van der Waals surface area (Å²) in [4.78, 5) is 11.9. The van der Waals surface area contributed by atoms with E-state index in [-0.39, 0.29) is 5.91 Å². The molecule has 17 heavy (non-hydrogen) atoms. The van der Waals surface area contributed by atoms with Gasteiger partial charge in [-0.25, -0.2) is 0 Å². The molecular weight excluding hydrogens is 212 g/mol. The number of carbonyl (C=O) groups excluding carboxylic acids is 1. The van der Waals surface area contributed by atoms with Crippen LogP contribution >= 0.6 is 0 Å². The van der Waals surface area contributed by atoms with Crippen LogP contribution in [0.15, 0.2) is 30.4 Å². The lowest BCUT2D eigenvalue weighted by molar-refractivity contribution is 0.0954. The van der Waals surface area contributed by atoms with Gasteiger partial charge in [-0.3, -0.25) is 4.79 Å². The number of hydrogen-bond donors (Lipinski definition) is 2. The Morgan fingerprint density at radius 1 is 1.53 bits per heavy atom. The molecule has 3 heteroatoms. The lowest BCUT2D eigenvalue weighted by atomic mass is 10.1. The molecule has 1 aromatic rings. The van der Waals surface area contributed by atoms with Crippen molar-refractivity contribution >= 4 is 11.6 Å². The average molecular weight is 230 g/mol. The summed E-state index contributed by atoms with van der Waals surface area (Å²) in [5, 5.41) is 6.20. The number of anilines is 1. The van der Waals surface area contributed by atoms with E-state index in [2.05, 4.69) is 10.6 Å². The number of nitrogens with one attached hydrogen (secondary N) is 2. The van der Waals surface area contributed by atoms with Crippen LogP contribution in [0.3, 0.4) is 0 Å². The van der Waals surface area contributed by atoms with Crippen molar-refractivity contribution in [3.63, 3.8) is 0 Å². The fourth-order valence-corrected chi connectivity index (χ4v) is 1.98. The molecule has 0 fully saturated rings. The molecule has 1 aliphatic rings. The zero-order valence-corrected chi connectivity index (χ0v) is 10.1. The third-order valence-corrected chi connectivity index (χ3v) is 2.91. The van der Waals surface area contributed by atoms with Gasteiger partial charge in [0.25, 0.3) is 5.91 Å². The highest BCUT2D eigenvalue weighted by atomic mass is 16.1. The zero-order valence-electron chi connectivity index (χ0n) is 10.1. The van der Waals surface area contributed by atoms with Crippen LogP contribution in [0.5, 0.6) is 0 Å². The van der Waals surface area contributed by atoms with E-state index in [9.17, 15) is 4.79 Å². The molecule has 0 unspecified atom stereocenters. The number of amides is 1. The molecule has 0 aliphatic carbocycles. The van der Waals surface area contributed by atoms with Crippen molar-refractivity contribution in [1.82, 2.24) is 5.32 Å². The summed E-state index contributed by atoms with van der Waals surface area (Å²) in [5.74, 6) is 0.0178. The highest BCUT2D eigenvalue weighted by molar-refractivity contribution is 5.95. The van der Waals surface area contributed by atoms with E-state index >= 15 is 0 Å². The van der Waals surface area contributed by atoms with Crippen molar-refractivity contribution in [3.05, 3.63) is 41.5 Å². The Kier molecular flexibility index (Phi) is 3.81. The second-order valence-electron chi connectivity index (χ2n) is 4.16. The number of fused-ring (bicyclic) bond motifs is 1. The topological polar surface area (TPSA) is 41.1 Å². The Morgan fingerprint density at radius 2 is 2.41 bits per heavy atom. The highest BCUT2D eigenvalue weighted by Crippen LogP contribution is 2.22. The molecular formula is C14H18N2O. The Morgan fingerprint density at radius 3 is 3.24 bits per heavy atom. The summed E-state index contributed by atoms with van der Waals surface area (Å²) in [6, 6.07) is 5.85. The first-order valence-corrected chi connectivity index (χ1v) is 6.07. The van der Waals surface area contributed by atoms with Crippen LogP contribution in [0, 0.1) is 0 Å². The number of carbonyl (C=O) groups is 1. The summed E-state index contributed by atoms with van der Waals surface area (Å²) in [6.07, 6.45) is 5.93. The monoisotopic (exact) mass is 230 g/mol. The van der Waals surface area contributed by atoms with E-state index in [4.69, 9.17) is 0 Å². The van der Waals surface area contributed by atoms with Crippen LogP contribution in [0.1, 0.15) is 29.3 Å².